The molecule has 6 nitrogen and oxygen atoms in total. The summed E-state index contributed by atoms with van der Waals surface area (Å²) in [7, 11) is 0. The highest BCUT2D eigenvalue weighted by Crippen LogP contribution is 2.14. The molecule has 110 valence electrons. The van der Waals surface area contributed by atoms with Crippen molar-refractivity contribution in [2.75, 3.05) is 26.2 Å². The summed E-state index contributed by atoms with van der Waals surface area (Å²) in [6.07, 6.45) is 4.23. The Morgan fingerprint density at radius 2 is 1.90 bits per heavy atom. The molecule has 0 radical (unpaired) electrons. The molecule has 1 aromatic heterocycles. The summed E-state index contributed by atoms with van der Waals surface area (Å²) in [4.78, 5) is 16.5. The Kier molecular flexibility index (Phi) is 4.00. The summed E-state index contributed by atoms with van der Waals surface area (Å²) >= 11 is 0. The maximum atomic E-state index is 12.2. The fraction of sp³-hybridized carbons (Fsp3) is 0.786. The number of likely N-dealkylation sites (tertiary alicyclic amines) is 1. The van der Waals surface area contributed by atoms with Gasteiger partial charge >= 0.3 is 0 Å². The molecule has 0 atom stereocenters. The van der Waals surface area contributed by atoms with E-state index in [-0.39, 0.29) is 0 Å². The highest BCUT2D eigenvalue weighted by Gasteiger charge is 2.21. The van der Waals surface area contributed by atoms with Crippen LogP contribution in [0.2, 0.25) is 0 Å². The summed E-state index contributed by atoms with van der Waals surface area (Å²) in [5.74, 6) is 2.33. The van der Waals surface area contributed by atoms with Crippen LogP contribution in [0.1, 0.15) is 37.3 Å². The third kappa shape index (κ3) is 2.85. The molecule has 0 aliphatic carbocycles. The maximum Gasteiger partial charge on any atom is 0.223 e. The topological polar surface area (TPSA) is 54.3 Å². The molecule has 20 heavy (non-hydrogen) atoms. The van der Waals surface area contributed by atoms with E-state index in [1.165, 1.54) is 6.42 Å². The van der Waals surface area contributed by atoms with Gasteiger partial charge in [-0.2, -0.15) is 0 Å². The summed E-state index contributed by atoms with van der Waals surface area (Å²) in [5, 5.41) is 8.31. The van der Waals surface area contributed by atoms with Crippen molar-refractivity contribution in [2.45, 2.75) is 45.7 Å². The summed E-state index contributed by atoms with van der Waals surface area (Å²) in [5.41, 5.74) is 0. The highest BCUT2D eigenvalue weighted by molar-refractivity contribution is 5.76. The minimum atomic E-state index is 0.313. The number of amides is 1. The van der Waals surface area contributed by atoms with Gasteiger partial charge in [-0.1, -0.05) is 0 Å². The molecule has 1 aromatic rings. The molecule has 2 aliphatic heterocycles. The van der Waals surface area contributed by atoms with Gasteiger partial charge in [-0.15, -0.1) is 10.2 Å². The molecule has 2 aliphatic rings. The number of hydrogen-bond acceptors (Lipinski definition) is 4. The van der Waals surface area contributed by atoms with Crippen LogP contribution in [-0.2, 0) is 17.9 Å². The second-order valence-electron chi connectivity index (χ2n) is 5.78. The Morgan fingerprint density at radius 3 is 2.70 bits per heavy atom. The summed E-state index contributed by atoms with van der Waals surface area (Å²) in [6, 6.07) is 0. The molecule has 0 saturated carbocycles. The van der Waals surface area contributed by atoms with Gasteiger partial charge in [0.25, 0.3) is 0 Å². The quantitative estimate of drug-likeness (QED) is 0.820. The molecule has 1 fully saturated rings. The van der Waals surface area contributed by atoms with Crippen LogP contribution in [0.25, 0.3) is 0 Å². The van der Waals surface area contributed by atoms with Gasteiger partial charge in [-0.05, 0) is 26.2 Å². The van der Waals surface area contributed by atoms with E-state index >= 15 is 0 Å². The van der Waals surface area contributed by atoms with Crippen molar-refractivity contribution >= 4 is 5.91 Å². The molecule has 3 heterocycles. The molecule has 6 heteroatoms. The van der Waals surface area contributed by atoms with E-state index < -0.39 is 0 Å². The van der Waals surface area contributed by atoms with Gasteiger partial charge in [0.15, 0.2) is 0 Å². The van der Waals surface area contributed by atoms with Gasteiger partial charge in [0.2, 0.25) is 5.91 Å². The predicted molar refractivity (Wildman–Crippen MR) is 75.1 cm³/mol. The molecule has 1 saturated heterocycles. The zero-order chi connectivity index (χ0) is 13.9. The van der Waals surface area contributed by atoms with E-state index in [0.717, 1.165) is 63.8 Å². The van der Waals surface area contributed by atoms with E-state index in [9.17, 15) is 4.79 Å². The SMILES string of the molecule is Cc1nnc2n1CCN(CCC(=O)N1CCCCC1)C2. The van der Waals surface area contributed by atoms with Crippen molar-refractivity contribution < 1.29 is 4.79 Å². The lowest BCUT2D eigenvalue weighted by atomic mass is 10.1. The second-order valence-corrected chi connectivity index (χ2v) is 5.78. The molecule has 0 unspecified atom stereocenters. The van der Waals surface area contributed by atoms with Crippen LogP contribution in [-0.4, -0.2) is 56.7 Å². The lowest BCUT2D eigenvalue weighted by molar-refractivity contribution is -0.132. The van der Waals surface area contributed by atoms with E-state index in [0.29, 0.717) is 12.3 Å². The molecule has 0 spiro atoms. The number of carbonyl (C=O) groups is 1. The zero-order valence-corrected chi connectivity index (χ0v) is 12.2. The first kappa shape index (κ1) is 13.5. The number of aryl methyl sites for hydroxylation is 1. The van der Waals surface area contributed by atoms with Gasteiger partial charge < -0.3 is 9.47 Å². The standard InChI is InChI=1S/C14H23N5O/c1-12-15-16-13-11-17(9-10-19(12)13)8-5-14(20)18-6-3-2-4-7-18/h2-11H2,1H3. The number of piperidine rings is 1. The first-order valence-corrected chi connectivity index (χ1v) is 7.63. The first-order chi connectivity index (χ1) is 9.74. The Bertz CT molecular complexity index is 478. The molecule has 1 amide bonds. The average Bonchev–Trinajstić information content (AvgIpc) is 2.87. The van der Waals surface area contributed by atoms with Gasteiger partial charge in [0.05, 0.1) is 6.54 Å². The second kappa shape index (κ2) is 5.91. The van der Waals surface area contributed by atoms with Crippen LogP contribution in [0.5, 0.6) is 0 Å². The largest absolute Gasteiger partial charge is 0.343 e. The number of hydrogen-bond donors (Lipinski definition) is 0. The van der Waals surface area contributed by atoms with Crippen LogP contribution in [0.3, 0.4) is 0 Å². The number of aromatic nitrogens is 3. The van der Waals surface area contributed by atoms with Crippen LogP contribution in [0.4, 0.5) is 0 Å². The van der Waals surface area contributed by atoms with Crippen molar-refractivity contribution in [3.05, 3.63) is 11.6 Å². The fourth-order valence-corrected chi connectivity index (χ4v) is 3.10. The molecule has 0 N–H and O–H groups in total. The van der Waals surface area contributed by atoms with E-state index in [2.05, 4.69) is 19.7 Å². The summed E-state index contributed by atoms with van der Waals surface area (Å²) in [6.45, 7) is 7.46. The van der Waals surface area contributed by atoms with Crippen LogP contribution < -0.4 is 0 Å². The Balaban J connectivity index is 1.48. The highest BCUT2D eigenvalue weighted by atomic mass is 16.2. The number of nitrogens with zero attached hydrogens (tertiary/aromatic N) is 5. The summed E-state index contributed by atoms with van der Waals surface area (Å²) < 4.78 is 2.17. The maximum absolute atomic E-state index is 12.2. The fourth-order valence-electron chi connectivity index (χ4n) is 3.10. The Hall–Kier alpha value is -1.43. The Labute approximate surface area is 119 Å². The normalized spacial score (nSPS) is 19.9. The first-order valence-electron chi connectivity index (χ1n) is 7.63. The van der Waals surface area contributed by atoms with E-state index in [4.69, 9.17) is 0 Å². The van der Waals surface area contributed by atoms with Gasteiger partial charge in [0.1, 0.15) is 11.6 Å². The van der Waals surface area contributed by atoms with Crippen molar-refractivity contribution in [1.82, 2.24) is 24.6 Å². The third-order valence-corrected chi connectivity index (χ3v) is 4.37. The number of rotatable bonds is 3. The van der Waals surface area contributed by atoms with Crippen LogP contribution in [0.15, 0.2) is 0 Å². The van der Waals surface area contributed by atoms with Crippen LogP contribution in [0, 0.1) is 6.92 Å². The molecule has 3 rings (SSSR count). The lowest BCUT2D eigenvalue weighted by Gasteiger charge is -2.30. The van der Waals surface area contributed by atoms with Gasteiger partial charge in [-0.25, -0.2) is 0 Å². The van der Waals surface area contributed by atoms with E-state index in [1.807, 2.05) is 11.8 Å². The van der Waals surface area contributed by atoms with Crippen molar-refractivity contribution in [2.24, 2.45) is 0 Å². The smallest absolute Gasteiger partial charge is 0.223 e. The minimum absolute atomic E-state index is 0.313. The zero-order valence-electron chi connectivity index (χ0n) is 12.2. The van der Waals surface area contributed by atoms with E-state index in [1.54, 1.807) is 0 Å². The average molecular weight is 277 g/mol. The molecule has 0 aromatic carbocycles. The van der Waals surface area contributed by atoms with Gasteiger partial charge in [0, 0.05) is 39.1 Å². The Morgan fingerprint density at radius 1 is 1.10 bits per heavy atom. The molecular formula is C14H23N5O. The third-order valence-electron chi connectivity index (χ3n) is 4.37. The molecular weight excluding hydrogens is 254 g/mol. The van der Waals surface area contributed by atoms with Crippen molar-refractivity contribution in [3.8, 4) is 0 Å². The number of carbonyl (C=O) groups excluding carboxylic acids is 1. The lowest BCUT2D eigenvalue weighted by Crippen LogP contribution is -2.40. The predicted octanol–water partition coefficient (Wildman–Crippen LogP) is 0.805. The minimum Gasteiger partial charge on any atom is -0.343 e. The van der Waals surface area contributed by atoms with Crippen LogP contribution >= 0.6 is 0 Å². The van der Waals surface area contributed by atoms with Crippen molar-refractivity contribution in [1.29, 1.82) is 0 Å². The number of fused-ring (bicyclic) bond motifs is 1. The van der Waals surface area contributed by atoms with Gasteiger partial charge in [-0.3, -0.25) is 9.69 Å². The monoisotopic (exact) mass is 277 g/mol. The van der Waals surface area contributed by atoms with Crippen molar-refractivity contribution in [3.63, 3.8) is 0 Å². The molecule has 0 bridgehead atoms.